The van der Waals surface area contributed by atoms with Crippen molar-refractivity contribution in [3.8, 4) is 0 Å². The molecule has 3 N–H and O–H groups in total. The van der Waals surface area contributed by atoms with Crippen LogP contribution in [-0.2, 0) is 4.79 Å². The molecule has 1 saturated heterocycles. The van der Waals surface area contributed by atoms with Gasteiger partial charge in [-0.15, -0.1) is 0 Å². The lowest BCUT2D eigenvalue weighted by Gasteiger charge is -2.18. The van der Waals surface area contributed by atoms with Crippen molar-refractivity contribution >= 4 is 23.3 Å². The number of rotatable bonds is 4. The summed E-state index contributed by atoms with van der Waals surface area (Å²) in [6, 6.07) is 3.97. The van der Waals surface area contributed by atoms with Crippen molar-refractivity contribution in [1.29, 1.82) is 0 Å². The fourth-order valence-corrected chi connectivity index (χ4v) is 2.58. The van der Waals surface area contributed by atoms with Crippen molar-refractivity contribution in [2.45, 2.75) is 6.92 Å². The molecule has 1 amide bonds. The van der Waals surface area contributed by atoms with Gasteiger partial charge in [0, 0.05) is 24.7 Å². The van der Waals surface area contributed by atoms with E-state index in [4.69, 9.17) is 10.8 Å². The quantitative estimate of drug-likeness (QED) is 0.626. The highest BCUT2D eigenvalue weighted by atomic mass is 16.6. The summed E-state index contributed by atoms with van der Waals surface area (Å²) >= 11 is 0. The number of benzene rings is 1. The number of nitrogens with zero attached hydrogens (tertiary/aromatic N) is 2. The monoisotopic (exact) mass is 293 g/mol. The summed E-state index contributed by atoms with van der Waals surface area (Å²) in [6.45, 7) is 2.41. The standard InChI is InChI=1S/C13H15N3O5/c1-7-5-15(6-9(7)13(18)19)10-3-2-8(12(14)17)4-11(10)16(20)21/h2-4,7,9H,5-6H2,1H3,(H2,14,17)(H,18,19)/t7-,9-/m1/s1. The minimum atomic E-state index is -0.915. The zero-order valence-corrected chi connectivity index (χ0v) is 11.4. The number of nitro benzene ring substituents is 1. The minimum absolute atomic E-state index is 0.0486. The van der Waals surface area contributed by atoms with Crippen LogP contribution in [0.15, 0.2) is 18.2 Å². The van der Waals surface area contributed by atoms with E-state index in [1.807, 2.05) is 0 Å². The summed E-state index contributed by atoms with van der Waals surface area (Å²) < 4.78 is 0. The van der Waals surface area contributed by atoms with Gasteiger partial charge in [0.2, 0.25) is 5.91 Å². The summed E-state index contributed by atoms with van der Waals surface area (Å²) in [7, 11) is 0. The Morgan fingerprint density at radius 1 is 1.43 bits per heavy atom. The second kappa shape index (κ2) is 5.39. The highest BCUT2D eigenvalue weighted by Gasteiger charge is 2.37. The molecule has 1 heterocycles. The number of carbonyl (C=O) groups excluding carboxylic acids is 1. The number of nitro groups is 1. The number of carbonyl (C=O) groups is 2. The van der Waals surface area contributed by atoms with E-state index in [-0.39, 0.29) is 23.7 Å². The van der Waals surface area contributed by atoms with Gasteiger partial charge in [0.05, 0.1) is 10.8 Å². The lowest BCUT2D eigenvalue weighted by Crippen LogP contribution is -2.24. The number of carboxylic acids is 1. The molecular weight excluding hydrogens is 278 g/mol. The predicted octanol–water partition coefficient (Wildman–Crippen LogP) is 0.851. The molecule has 0 saturated carbocycles. The third kappa shape index (κ3) is 2.78. The number of primary amides is 1. The summed E-state index contributed by atoms with van der Waals surface area (Å²) in [5.74, 6) is -2.34. The Bertz CT molecular complexity index is 616. The van der Waals surface area contributed by atoms with E-state index < -0.39 is 22.7 Å². The smallest absolute Gasteiger partial charge is 0.308 e. The third-order valence-corrected chi connectivity index (χ3v) is 3.73. The molecule has 8 heteroatoms. The number of anilines is 1. The van der Waals surface area contributed by atoms with Crippen LogP contribution in [0.1, 0.15) is 17.3 Å². The Hall–Kier alpha value is -2.64. The van der Waals surface area contributed by atoms with Crippen LogP contribution in [-0.4, -0.2) is 35.0 Å². The molecule has 0 radical (unpaired) electrons. The molecule has 8 nitrogen and oxygen atoms in total. The van der Waals surface area contributed by atoms with Gasteiger partial charge in [-0.2, -0.15) is 0 Å². The number of hydrogen-bond acceptors (Lipinski definition) is 5. The summed E-state index contributed by atoms with van der Waals surface area (Å²) in [5, 5.41) is 20.3. The van der Waals surface area contributed by atoms with Gasteiger partial charge in [-0.25, -0.2) is 0 Å². The average Bonchev–Trinajstić information content (AvgIpc) is 2.80. The van der Waals surface area contributed by atoms with Crippen LogP contribution in [0.4, 0.5) is 11.4 Å². The molecule has 0 spiro atoms. The Morgan fingerprint density at radius 2 is 2.10 bits per heavy atom. The van der Waals surface area contributed by atoms with Gasteiger partial charge in [-0.1, -0.05) is 6.92 Å². The number of aliphatic carboxylic acids is 1. The van der Waals surface area contributed by atoms with E-state index in [9.17, 15) is 19.7 Å². The van der Waals surface area contributed by atoms with Crippen molar-refractivity contribution in [2.24, 2.45) is 17.6 Å². The lowest BCUT2D eigenvalue weighted by molar-refractivity contribution is -0.384. The van der Waals surface area contributed by atoms with Gasteiger partial charge in [-0.3, -0.25) is 19.7 Å². The first-order valence-corrected chi connectivity index (χ1v) is 6.37. The first-order chi connectivity index (χ1) is 9.81. The Labute approximate surface area is 120 Å². The fraction of sp³-hybridized carbons (Fsp3) is 0.385. The Balaban J connectivity index is 2.38. The highest BCUT2D eigenvalue weighted by molar-refractivity contribution is 5.94. The van der Waals surface area contributed by atoms with E-state index in [2.05, 4.69) is 0 Å². The Kier molecular flexibility index (Phi) is 3.79. The molecule has 2 atom stereocenters. The van der Waals surface area contributed by atoms with Crippen molar-refractivity contribution in [3.63, 3.8) is 0 Å². The van der Waals surface area contributed by atoms with Gasteiger partial charge in [0.1, 0.15) is 5.69 Å². The van der Waals surface area contributed by atoms with E-state index in [1.54, 1.807) is 11.8 Å². The molecule has 1 fully saturated rings. The number of amides is 1. The normalized spacial score (nSPS) is 21.3. The van der Waals surface area contributed by atoms with Gasteiger partial charge in [0.25, 0.3) is 5.69 Å². The SMILES string of the molecule is C[C@@H]1CN(c2ccc(C(N)=O)cc2[N+](=O)[O-])C[C@H]1C(=O)O. The third-order valence-electron chi connectivity index (χ3n) is 3.73. The predicted molar refractivity (Wildman–Crippen MR) is 74.1 cm³/mol. The van der Waals surface area contributed by atoms with Crippen LogP contribution in [0.5, 0.6) is 0 Å². The molecule has 0 aliphatic carbocycles. The van der Waals surface area contributed by atoms with Gasteiger partial charge in [0.15, 0.2) is 0 Å². The lowest BCUT2D eigenvalue weighted by atomic mass is 9.99. The van der Waals surface area contributed by atoms with Gasteiger partial charge in [-0.05, 0) is 18.1 Å². The second-order valence-corrected chi connectivity index (χ2v) is 5.15. The molecule has 0 bridgehead atoms. The molecular formula is C13H15N3O5. The topological polar surface area (TPSA) is 127 Å². The van der Waals surface area contributed by atoms with Crippen LogP contribution >= 0.6 is 0 Å². The first-order valence-electron chi connectivity index (χ1n) is 6.37. The molecule has 1 aliphatic rings. The molecule has 0 aromatic heterocycles. The molecule has 1 aromatic rings. The maximum absolute atomic E-state index is 11.2. The summed E-state index contributed by atoms with van der Waals surface area (Å²) in [4.78, 5) is 34.5. The molecule has 0 unspecified atom stereocenters. The molecule has 21 heavy (non-hydrogen) atoms. The zero-order valence-electron chi connectivity index (χ0n) is 11.4. The van der Waals surface area contributed by atoms with Crippen molar-refractivity contribution in [1.82, 2.24) is 0 Å². The van der Waals surface area contributed by atoms with E-state index in [1.165, 1.54) is 12.1 Å². The number of hydrogen-bond donors (Lipinski definition) is 2. The largest absolute Gasteiger partial charge is 0.481 e. The van der Waals surface area contributed by atoms with E-state index in [0.717, 1.165) is 6.07 Å². The van der Waals surface area contributed by atoms with Crippen LogP contribution in [0, 0.1) is 22.0 Å². The molecule has 1 aliphatic heterocycles. The van der Waals surface area contributed by atoms with Gasteiger partial charge < -0.3 is 15.7 Å². The highest BCUT2D eigenvalue weighted by Crippen LogP contribution is 2.35. The first kappa shape index (κ1) is 14.8. The molecule has 112 valence electrons. The van der Waals surface area contributed by atoms with Crippen molar-refractivity contribution in [2.75, 3.05) is 18.0 Å². The summed E-state index contributed by atoms with van der Waals surface area (Å²) in [6.07, 6.45) is 0. The Morgan fingerprint density at radius 3 is 2.57 bits per heavy atom. The van der Waals surface area contributed by atoms with E-state index in [0.29, 0.717) is 12.2 Å². The van der Waals surface area contributed by atoms with Crippen LogP contribution in [0.3, 0.4) is 0 Å². The zero-order chi connectivity index (χ0) is 15.7. The van der Waals surface area contributed by atoms with Crippen molar-refractivity contribution in [3.05, 3.63) is 33.9 Å². The fourth-order valence-electron chi connectivity index (χ4n) is 2.58. The van der Waals surface area contributed by atoms with Gasteiger partial charge >= 0.3 is 5.97 Å². The maximum atomic E-state index is 11.2. The van der Waals surface area contributed by atoms with E-state index >= 15 is 0 Å². The molecule has 1 aromatic carbocycles. The van der Waals surface area contributed by atoms with Crippen molar-refractivity contribution < 1.29 is 19.6 Å². The molecule has 2 rings (SSSR count). The van der Waals surface area contributed by atoms with Crippen LogP contribution < -0.4 is 10.6 Å². The van der Waals surface area contributed by atoms with Crippen LogP contribution in [0.25, 0.3) is 0 Å². The average molecular weight is 293 g/mol. The minimum Gasteiger partial charge on any atom is -0.481 e. The maximum Gasteiger partial charge on any atom is 0.308 e. The summed E-state index contributed by atoms with van der Waals surface area (Å²) in [5.41, 5.74) is 5.23. The van der Waals surface area contributed by atoms with Crippen LogP contribution in [0.2, 0.25) is 0 Å². The number of carboxylic acid groups (broad SMARTS) is 1. The second-order valence-electron chi connectivity index (χ2n) is 5.15. The number of nitrogens with two attached hydrogens (primary N) is 1.